The molecule has 0 N–H and O–H groups in total. The van der Waals surface area contributed by atoms with Crippen LogP contribution in [0.2, 0.25) is 0 Å². The summed E-state index contributed by atoms with van der Waals surface area (Å²) in [6.45, 7) is 4.42. The van der Waals surface area contributed by atoms with Crippen LogP contribution in [0.4, 0.5) is 0 Å². The molecule has 2 atom stereocenters. The van der Waals surface area contributed by atoms with Crippen molar-refractivity contribution in [2.45, 2.75) is 26.6 Å². The first-order valence-corrected chi connectivity index (χ1v) is 5.80. The van der Waals surface area contributed by atoms with Crippen LogP contribution >= 0.6 is 0 Å². The highest BCUT2D eigenvalue weighted by molar-refractivity contribution is 5.78. The van der Waals surface area contributed by atoms with Crippen molar-refractivity contribution < 1.29 is 14.3 Å². The van der Waals surface area contributed by atoms with Gasteiger partial charge in [0.05, 0.1) is 19.3 Å². The van der Waals surface area contributed by atoms with Gasteiger partial charge in [-0.2, -0.15) is 0 Å². The van der Waals surface area contributed by atoms with Gasteiger partial charge < -0.3 is 9.47 Å². The van der Waals surface area contributed by atoms with E-state index in [2.05, 4.69) is 0 Å². The van der Waals surface area contributed by atoms with Crippen LogP contribution in [0.5, 0.6) is 0 Å². The number of ketones is 1. The molecule has 3 nitrogen and oxygen atoms in total. The van der Waals surface area contributed by atoms with Crippen LogP contribution < -0.4 is 0 Å². The van der Waals surface area contributed by atoms with Gasteiger partial charge in [0.1, 0.15) is 5.78 Å². The summed E-state index contributed by atoms with van der Waals surface area (Å²) in [7, 11) is 1.61. The standard InChI is InChI=1S/C14H20O3/c1-11(12(2)15)14(16-3)10-17-9-13-7-5-4-6-8-13/h4-8,11,14H,9-10H2,1-3H3. The van der Waals surface area contributed by atoms with Gasteiger partial charge in [0.15, 0.2) is 0 Å². The molecule has 1 aromatic rings. The molecule has 0 aliphatic carbocycles. The summed E-state index contributed by atoms with van der Waals surface area (Å²) in [5.41, 5.74) is 1.12. The maximum absolute atomic E-state index is 11.2. The van der Waals surface area contributed by atoms with Crippen molar-refractivity contribution in [3.63, 3.8) is 0 Å². The Morgan fingerprint density at radius 1 is 1.29 bits per heavy atom. The third-order valence-corrected chi connectivity index (χ3v) is 2.90. The number of rotatable bonds is 7. The Bertz CT molecular complexity index is 335. The van der Waals surface area contributed by atoms with E-state index in [1.54, 1.807) is 14.0 Å². The number of carbonyl (C=O) groups excluding carboxylic acids is 1. The molecule has 0 saturated carbocycles. The third-order valence-electron chi connectivity index (χ3n) is 2.90. The zero-order chi connectivity index (χ0) is 12.7. The second-order valence-electron chi connectivity index (χ2n) is 4.17. The lowest BCUT2D eigenvalue weighted by atomic mass is 10.0. The van der Waals surface area contributed by atoms with E-state index >= 15 is 0 Å². The topological polar surface area (TPSA) is 35.5 Å². The van der Waals surface area contributed by atoms with Crippen LogP contribution in [0.15, 0.2) is 30.3 Å². The molecule has 17 heavy (non-hydrogen) atoms. The molecule has 0 amide bonds. The van der Waals surface area contributed by atoms with Gasteiger partial charge in [0.25, 0.3) is 0 Å². The molecule has 0 heterocycles. The maximum Gasteiger partial charge on any atom is 0.135 e. The predicted octanol–water partition coefficient (Wildman–Crippen LogP) is 2.44. The van der Waals surface area contributed by atoms with Crippen molar-refractivity contribution in [1.82, 2.24) is 0 Å². The summed E-state index contributed by atoms with van der Waals surface area (Å²) < 4.78 is 10.8. The Hall–Kier alpha value is -1.19. The SMILES string of the molecule is COC(COCc1ccccc1)C(C)C(C)=O. The van der Waals surface area contributed by atoms with E-state index in [1.807, 2.05) is 37.3 Å². The average molecular weight is 236 g/mol. The van der Waals surface area contributed by atoms with Crippen molar-refractivity contribution in [3.8, 4) is 0 Å². The summed E-state index contributed by atoms with van der Waals surface area (Å²) in [5.74, 6) is -0.00376. The molecular weight excluding hydrogens is 216 g/mol. The highest BCUT2D eigenvalue weighted by Crippen LogP contribution is 2.10. The van der Waals surface area contributed by atoms with Crippen LogP contribution in [-0.2, 0) is 20.9 Å². The van der Waals surface area contributed by atoms with Crippen LogP contribution in [-0.4, -0.2) is 25.6 Å². The summed E-state index contributed by atoms with van der Waals surface area (Å²) in [5, 5.41) is 0. The van der Waals surface area contributed by atoms with Crippen molar-refractivity contribution in [1.29, 1.82) is 0 Å². The molecule has 3 heteroatoms. The van der Waals surface area contributed by atoms with E-state index in [-0.39, 0.29) is 17.8 Å². The van der Waals surface area contributed by atoms with E-state index < -0.39 is 0 Å². The fourth-order valence-corrected chi connectivity index (χ4v) is 1.55. The van der Waals surface area contributed by atoms with Crippen molar-refractivity contribution >= 4 is 5.78 Å². The lowest BCUT2D eigenvalue weighted by Gasteiger charge is -2.20. The van der Waals surface area contributed by atoms with E-state index in [1.165, 1.54) is 0 Å². The molecular formula is C14H20O3. The van der Waals surface area contributed by atoms with Gasteiger partial charge in [-0.05, 0) is 12.5 Å². The van der Waals surface area contributed by atoms with Gasteiger partial charge in [0.2, 0.25) is 0 Å². The minimum absolute atomic E-state index is 0.125. The molecule has 0 bridgehead atoms. The van der Waals surface area contributed by atoms with Gasteiger partial charge in [-0.25, -0.2) is 0 Å². The van der Waals surface area contributed by atoms with Crippen molar-refractivity contribution in [3.05, 3.63) is 35.9 Å². The zero-order valence-corrected chi connectivity index (χ0v) is 10.7. The Labute approximate surface area is 103 Å². The van der Waals surface area contributed by atoms with Crippen LogP contribution in [0.3, 0.4) is 0 Å². The number of hydrogen-bond donors (Lipinski definition) is 0. The van der Waals surface area contributed by atoms with Crippen molar-refractivity contribution in [2.24, 2.45) is 5.92 Å². The predicted molar refractivity (Wildman–Crippen MR) is 66.7 cm³/mol. The van der Waals surface area contributed by atoms with Crippen LogP contribution in [0.25, 0.3) is 0 Å². The number of methoxy groups -OCH3 is 1. The lowest BCUT2D eigenvalue weighted by molar-refractivity contribution is -0.126. The molecule has 94 valence electrons. The fourth-order valence-electron chi connectivity index (χ4n) is 1.55. The molecule has 2 unspecified atom stereocenters. The molecule has 1 rings (SSSR count). The van der Waals surface area contributed by atoms with Gasteiger partial charge in [0, 0.05) is 13.0 Å². The number of ether oxygens (including phenoxy) is 2. The Kier molecular flexibility index (Phi) is 5.87. The lowest BCUT2D eigenvalue weighted by Crippen LogP contribution is -2.30. The summed E-state index contributed by atoms with van der Waals surface area (Å²) in [4.78, 5) is 11.2. The highest BCUT2D eigenvalue weighted by atomic mass is 16.5. The third kappa shape index (κ3) is 4.67. The molecule has 0 saturated heterocycles. The summed E-state index contributed by atoms with van der Waals surface area (Å²) >= 11 is 0. The second-order valence-corrected chi connectivity index (χ2v) is 4.17. The summed E-state index contributed by atoms with van der Waals surface area (Å²) in [6.07, 6.45) is -0.170. The molecule has 0 aromatic heterocycles. The molecule has 0 radical (unpaired) electrons. The molecule has 1 aromatic carbocycles. The first-order valence-electron chi connectivity index (χ1n) is 5.80. The smallest absolute Gasteiger partial charge is 0.135 e. The average Bonchev–Trinajstić information content (AvgIpc) is 2.35. The number of hydrogen-bond acceptors (Lipinski definition) is 3. The first-order chi connectivity index (χ1) is 8.15. The minimum atomic E-state index is -0.170. The van der Waals surface area contributed by atoms with E-state index in [9.17, 15) is 4.79 Å². The maximum atomic E-state index is 11.2. The van der Waals surface area contributed by atoms with Gasteiger partial charge in [-0.3, -0.25) is 4.79 Å². The van der Waals surface area contributed by atoms with E-state index in [0.717, 1.165) is 5.56 Å². The Morgan fingerprint density at radius 3 is 2.47 bits per heavy atom. The van der Waals surface area contributed by atoms with Gasteiger partial charge >= 0.3 is 0 Å². The van der Waals surface area contributed by atoms with Crippen LogP contribution in [0, 0.1) is 5.92 Å². The minimum Gasteiger partial charge on any atom is -0.378 e. The molecule has 0 fully saturated rings. The second kappa shape index (κ2) is 7.20. The first kappa shape index (κ1) is 13.9. The number of carbonyl (C=O) groups is 1. The largest absolute Gasteiger partial charge is 0.378 e. The Morgan fingerprint density at radius 2 is 1.94 bits per heavy atom. The normalized spacial score (nSPS) is 14.3. The molecule has 0 spiro atoms. The van der Waals surface area contributed by atoms with Gasteiger partial charge in [-0.15, -0.1) is 0 Å². The molecule has 0 aliphatic heterocycles. The summed E-state index contributed by atoms with van der Waals surface area (Å²) in [6, 6.07) is 9.95. The van der Waals surface area contributed by atoms with Gasteiger partial charge in [-0.1, -0.05) is 37.3 Å². The zero-order valence-electron chi connectivity index (χ0n) is 10.7. The van der Waals surface area contributed by atoms with Crippen molar-refractivity contribution in [2.75, 3.05) is 13.7 Å². The number of benzene rings is 1. The quantitative estimate of drug-likeness (QED) is 0.729. The van der Waals surface area contributed by atoms with E-state index in [0.29, 0.717) is 13.2 Å². The number of Topliss-reactive ketones (excluding diaryl/α,β-unsaturated/α-hetero) is 1. The van der Waals surface area contributed by atoms with Crippen LogP contribution in [0.1, 0.15) is 19.4 Å². The molecule has 0 aliphatic rings. The monoisotopic (exact) mass is 236 g/mol. The Balaban J connectivity index is 2.36. The fraction of sp³-hybridized carbons (Fsp3) is 0.500. The van der Waals surface area contributed by atoms with E-state index in [4.69, 9.17) is 9.47 Å². The highest BCUT2D eigenvalue weighted by Gasteiger charge is 2.20.